The molecule has 1 heterocycles. The minimum Gasteiger partial charge on any atom is -0.481 e. The number of imidazole rings is 1. The van der Waals surface area contributed by atoms with Gasteiger partial charge in [-0.15, -0.1) is 0 Å². The summed E-state index contributed by atoms with van der Waals surface area (Å²) in [6, 6.07) is -6.19. The number of aromatic amines is 1. The summed E-state index contributed by atoms with van der Waals surface area (Å²) in [7, 11) is 0. The highest BCUT2D eigenvalue weighted by Gasteiger charge is 2.32. The number of carboxylic acids is 2. The number of rotatable bonds is 16. The van der Waals surface area contributed by atoms with Crippen LogP contribution in [0.15, 0.2) is 12.5 Å². The molecule has 198 valence electrons. The molecule has 1 aromatic rings. The molecule has 4 unspecified atom stereocenters. The number of primary amides is 2. The summed E-state index contributed by atoms with van der Waals surface area (Å²) in [5.74, 6) is -8.07. The molecule has 1 aromatic heterocycles. The first kappa shape index (κ1) is 29.5. The van der Waals surface area contributed by atoms with Gasteiger partial charge in [0.15, 0.2) is 0 Å². The maximum atomic E-state index is 12.8. The fourth-order valence-electron chi connectivity index (χ4n) is 2.89. The number of carbonyl (C=O) groups excluding carboxylic acids is 5. The van der Waals surface area contributed by atoms with Crippen LogP contribution in [0, 0.1) is 0 Å². The topological polar surface area (TPSA) is 303 Å². The zero-order chi connectivity index (χ0) is 27.4. The number of nitrogens with zero attached hydrogens (tertiary/aromatic N) is 1. The number of aromatic nitrogens is 2. The smallest absolute Gasteiger partial charge is 0.326 e. The second-order valence-corrected chi connectivity index (χ2v) is 7.68. The largest absolute Gasteiger partial charge is 0.481 e. The zero-order valence-electron chi connectivity index (χ0n) is 18.9. The Bertz CT molecular complexity index is 982. The molecule has 36 heavy (non-hydrogen) atoms. The predicted octanol–water partition coefficient (Wildman–Crippen LogP) is -4.57. The lowest BCUT2D eigenvalue weighted by atomic mass is 10.1. The third kappa shape index (κ3) is 10.6. The van der Waals surface area contributed by atoms with Crippen molar-refractivity contribution in [1.82, 2.24) is 25.9 Å². The quantitative estimate of drug-likeness (QED) is 0.101. The number of aliphatic carboxylic acids is 2. The molecule has 17 heteroatoms. The zero-order valence-corrected chi connectivity index (χ0v) is 18.9. The summed E-state index contributed by atoms with van der Waals surface area (Å²) in [5.41, 5.74) is 16.3. The van der Waals surface area contributed by atoms with Crippen molar-refractivity contribution in [3.8, 4) is 0 Å². The van der Waals surface area contributed by atoms with Gasteiger partial charge in [0.1, 0.15) is 18.1 Å². The fourth-order valence-corrected chi connectivity index (χ4v) is 2.89. The number of nitrogens with one attached hydrogen (secondary N) is 4. The van der Waals surface area contributed by atoms with Gasteiger partial charge in [0.2, 0.25) is 29.5 Å². The molecule has 0 spiro atoms. The van der Waals surface area contributed by atoms with Crippen LogP contribution in [-0.4, -0.2) is 85.8 Å². The Morgan fingerprint density at radius 2 is 1.44 bits per heavy atom. The van der Waals surface area contributed by atoms with E-state index in [1.165, 1.54) is 12.5 Å². The van der Waals surface area contributed by atoms with Crippen LogP contribution in [0.3, 0.4) is 0 Å². The molecule has 1 rings (SSSR count). The average Bonchev–Trinajstić information content (AvgIpc) is 3.27. The van der Waals surface area contributed by atoms with Gasteiger partial charge in [0.25, 0.3) is 0 Å². The summed E-state index contributed by atoms with van der Waals surface area (Å²) in [6.07, 6.45) is 0.296. The van der Waals surface area contributed by atoms with Crippen LogP contribution in [0.1, 0.15) is 31.4 Å². The van der Waals surface area contributed by atoms with Crippen molar-refractivity contribution in [1.29, 1.82) is 0 Å². The molecular weight excluding hydrogens is 484 g/mol. The minimum atomic E-state index is -1.74. The molecule has 0 bridgehead atoms. The van der Waals surface area contributed by atoms with E-state index in [2.05, 4.69) is 20.6 Å². The molecular formula is C19H28N8O9. The van der Waals surface area contributed by atoms with Crippen molar-refractivity contribution in [2.24, 2.45) is 17.2 Å². The number of carbonyl (C=O) groups is 7. The Hall–Kier alpha value is -4.54. The van der Waals surface area contributed by atoms with Gasteiger partial charge >= 0.3 is 11.9 Å². The van der Waals surface area contributed by atoms with Gasteiger partial charge < -0.3 is 48.3 Å². The Morgan fingerprint density at radius 1 is 0.861 bits per heavy atom. The maximum absolute atomic E-state index is 12.8. The van der Waals surface area contributed by atoms with E-state index in [0.29, 0.717) is 5.69 Å². The molecule has 0 aromatic carbocycles. The second kappa shape index (κ2) is 14.0. The highest BCUT2D eigenvalue weighted by Crippen LogP contribution is 2.04. The van der Waals surface area contributed by atoms with E-state index in [1.807, 2.05) is 5.32 Å². The Morgan fingerprint density at radius 3 is 1.94 bits per heavy atom. The molecule has 0 fully saturated rings. The van der Waals surface area contributed by atoms with Gasteiger partial charge in [-0.2, -0.15) is 0 Å². The molecule has 5 amide bonds. The first-order valence-corrected chi connectivity index (χ1v) is 10.4. The normalized spacial score (nSPS) is 13.9. The van der Waals surface area contributed by atoms with E-state index in [0.717, 1.165) is 0 Å². The summed E-state index contributed by atoms with van der Waals surface area (Å²) in [5, 5.41) is 24.7. The van der Waals surface area contributed by atoms with Crippen LogP contribution in [0.5, 0.6) is 0 Å². The lowest BCUT2D eigenvalue weighted by molar-refractivity contribution is -0.144. The number of hydrogen-bond acceptors (Lipinski definition) is 9. The molecule has 0 saturated carbocycles. The van der Waals surface area contributed by atoms with Crippen molar-refractivity contribution in [3.63, 3.8) is 0 Å². The predicted molar refractivity (Wildman–Crippen MR) is 118 cm³/mol. The van der Waals surface area contributed by atoms with Crippen LogP contribution in [0.25, 0.3) is 0 Å². The first-order valence-electron chi connectivity index (χ1n) is 10.4. The third-order valence-corrected chi connectivity index (χ3v) is 4.68. The minimum absolute atomic E-state index is 0.00662. The van der Waals surface area contributed by atoms with Crippen LogP contribution in [-0.2, 0) is 40.0 Å². The van der Waals surface area contributed by atoms with Crippen molar-refractivity contribution < 1.29 is 43.8 Å². The standard InChI is InChI=1S/C19H28N8O9/c20-9(3-8-6-23-7-24-8)16(32)26-11(5-15(30)31)18(34)25-10(1-2-13(21)28)17(33)27-12(19(35)36)4-14(22)29/h6-7,9-12H,1-5,20H2,(H2,21,28)(H2,22,29)(H,23,24)(H,25,34)(H,26,32)(H,27,33)(H,30,31)(H,35,36). The molecule has 0 aliphatic heterocycles. The van der Waals surface area contributed by atoms with Gasteiger partial charge in [-0.25, -0.2) is 9.78 Å². The summed E-state index contributed by atoms with van der Waals surface area (Å²) < 4.78 is 0. The fraction of sp³-hybridized carbons (Fsp3) is 0.474. The molecule has 0 aliphatic carbocycles. The second-order valence-electron chi connectivity index (χ2n) is 7.68. The highest BCUT2D eigenvalue weighted by molar-refractivity contribution is 5.96. The molecule has 0 saturated heterocycles. The summed E-state index contributed by atoms with van der Waals surface area (Å²) in [6.45, 7) is 0. The molecule has 0 aliphatic rings. The van der Waals surface area contributed by atoms with Gasteiger partial charge in [0, 0.05) is 24.7 Å². The van der Waals surface area contributed by atoms with E-state index in [4.69, 9.17) is 27.4 Å². The number of amides is 5. The molecule has 4 atom stereocenters. The Balaban J connectivity index is 2.99. The van der Waals surface area contributed by atoms with Crippen LogP contribution >= 0.6 is 0 Å². The van der Waals surface area contributed by atoms with Gasteiger partial charge in [0.05, 0.1) is 25.2 Å². The summed E-state index contributed by atoms with van der Waals surface area (Å²) in [4.78, 5) is 89.1. The van der Waals surface area contributed by atoms with E-state index in [9.17, 15) is 33.6 Å². The number of hydrogen-bond donors (Lipinski definition) is 9. The first-order chi connectivity index (χ1) is 16.8. The maximum Gasteiger partial charge on any atom is 0.326 e. The monoisotopic (exact) mass is 512 g/mol. The van der Waals surface area contributed by atoms with Crippen LogP contribution in [0.2, 0.25) is 0 Å². The number of carboxylic acid groups (broad SMARTS) is 2. The number of nitrogens with two attached hydrogens (primary N) is 3. The van der Waals surface area contributed by atoms with Crippen molar-refractivity contribution >= 4 is 41.5 Å². The molecule has 17 nitrogen and oxygen atoms in total. The lowest BCUT2D eigenvalue weighted by Crippen LogP contribution is -2.58. The SMILES string of the molecule is NC(=O)CCC(NC(=O)C(CC(=O)O)NC(=O)C(N)Cc1cnc[nH]1)C(=O)NC(CC(N)=O)C(=O)O. The van der Waals surface area contributed by atoms with Gasteiger partial charge in [-0.1, -0.05) is 0 Å². The lowest BCUT2D eigenvalue weighted by Gasteiger charge is -2.24. The van der Waals surface area contributed by atoms with Crippen molar-refractivity contribution in [2.45, 2.75) is 56.3 Å². The van der Waals surface area contributed by atoms with Crippen molar-refractivity contribution in [3.05, 3.63) is 18.2 Å². The van der Waals surface area contributed by atoms with E-state index < -0.39 is 91.3 Å². The van der Waals surface area contributed by atoms with E-state index >= 15 is 0 Å². The van der Waals surface area contributed by atoms with Crippen LogP contribution < -0.4 is 33.2 Å². The molecule has 0 radical (unpaired) electrons. The Labute approximate surface area is 203 Å². The Kier molecular flexibility index (Phi) is 11.5. The van der Waals surface area contributed by atoms with Crippen molar-refractivity contribution in [2.75, 3.05) is 0 Å². The summed E-state index contributed by atoms with van der Waals surface area (Å²) >= 11 is 0. The van der Waals surface area contributed by atoms with Crippen LogP contribution in [0.4, 0.5) is 0 Å². The van der Waals surface area contributed by atoms with E-state index in [-0.39, 0.29) is 6.42 Å². The van der Waals surface area contributed by atoms with Gasteiger partial charge in [-0.3, -0.25) is 28.8 Å². The third-order valence-electron chi connectivity index (χ3n) is 4.68. The number of H-pyrrole nitrogens is 1. The highest BCUT2D eigenvalue weighted by atomic mass is 16.4. The van der Waals surface area contributed by atoms with E-state index in [1.54, 1.807) is 0 Å². The van der Waals surface area contributed by atoms with Gasteiger partial charge in [-0.05, 0) is 6.42 Å². The molecule has 12 N–H and O–H groups in total. The average molecular weight is 512 g/mol.